The number of ether oxygens (including phenoxy) is 1. The number of anilines is 1. The van der Waals surface area contributed by atoms with Gasteiger partial charge < -0.3 is 26.4 Å². The van der Waals surface area contributed by atoms with Crippen molar-refractivity contribution in [3.05, 3.63) is 16.7 Å². The second kappa shape index (κ2) is 5.85. The molecule has 3 rings (SSSR count). The predicted octanol–water partition coefficient (Wildman–Crippen LogP) is -1.77. The van der Waals surface area contributed by atoms with Crippen molar-refractivity contribution in [1.29, 1.82) is 0 Å². The fourth-order valence-electron chi connectivity index (χ4n) is 2.91. The number of aromatic amines is 1. The summed E-state index contributed by atoms with van der Waals surface area (Å²) < 4.78 is 7.06. The zero-order valence-corrected chi connectivity index (χ0v) is 12.7. The Hall–Kier alpha value is -2.50. The van der Waals surface area contributed by atoms with Gasteiger partial charge in [0, 0.05) is 12.5 Å². The molecule has 2 aromatic rings. The first-order chi connectivity index (χ1) is 11.4. The molecule has 2 aromatic heterocycles. The van der Waals surface area contributed by atoms with Gasteiger partial charge in [-0.2, -0.15) is 4.98 Å². The normalized spacial score (nSPS) is 25.9. The van der Waals surface area contributed by atoms with Crippen molar-refractivity contribution >= 4 is 23.1 Å². The molecule has 3 unspecified atom stereocenters. The third-order valence-electron chi connectivity index (χ3n) is 4.27. The van der Waals surface area contributed by atoms with Crippen molar-refractivity contribution in [2.75, 3.05) is 12.3 Å². The smallest absolute Gasteiger partial charge is 0.326 e. The molecule has 3 atom stereocenters. The van der Waals surface area contributed by atoms with Gasteiger partial charge in [-0.05, 0) is 12.8 Å². The number of nitrogens with zero attached hydrogens (tertiary/aromatic N) is 3. The van der Waals surface area contributed by atoms with Gasteiger partial charge in [0.15, 0.2) is 11.2 Å². The first-order valence-electron chi connectivity index (χ1n) is 7.35. The van der Waals surface area contributed by atoms with E-state index in [4.69, 9.17) is 21.3 Å². The SMILES string of the molecule is Nc1nc2c(ncn2COC2C(CCCO)C2(N)C(=O)O)c(=O)[nH]1. The number of nitrogen functional groups attached to an aromatic ring is 1. The minimum Gasteiger partial charge on any atom is -0.480 e. The average molecular weight is 338 g/mol. The van der Waals surface area contributed by atoms with E-state index in [1.807, 2.05) is 0 Å². The van der Waals surface area contributed by atoms with Crippen LogP contribution < -0.4 is 17.0 Å². The van der Waals surface area contributed by atoms with E-state index in [1.165, 1.54) is 10.9 Å². The summed E-state index contributed by atoms with van der Waals surface area (Å²) in [5.41, 5.74) is 9.81. The summed E-state index contributed by atoms with van der Waals surface area (Å²) in [4.78, 5) is 33.4. The summed E-state index contributed by atoms with van der Waals surface area (Å²) in [6.07, 6.45) is 1.55. The number of carbonyl (C=O) groups is 1. The number of carboxylic acid groups (broad SMARTS) is 1. The Balaban J connectivity index is 1.76. The molecule has 0 radical (unpaired) electrons. The van der Waals surface area contributed by atoms with Gasteiger partial charge in [0.1, 0.15) is 12.3 Å². The van der Waals surface area contributed by atoms with Gasteiger partial charge in [0.2, 0.25) is 5.95 Å². The third kappa shape index (κ3) is 2.52. The van der Waals surface area contributed by atoms with E-state index in [2.05, 4.69) is 15.0 Å². The molecular formula is C13H18N6O5. The molecule has 0 saturated heterocycles. The number of hydrogen-bond acceptors (Lipinski definition) is 8. The summed E-state index contributed by atoms with van der Waals surface area (Å²) in [5, 5.41) is 18.2. The molecule has 11 heteroatoms. The maximum Gasteiger partial charge on any atom is 0.326 e. The summed E-state index contributed by atoms with van der Waals surface area (Å²) in [5.74, 6) is -1.59. The molecule has 1 saturated carbocycles. The van der Waals surface area contributed by atoms with Gasteiger partial charge in [-0.3, -0.25) is 19.1 Å². The van der Waals surface area contributed by atoms with Crippen molar-refractivity contribution in [2.24, 2.45) is 11.7 Å². The first kappa shape index (κ1) is 16.4. The number of imidazole rings is 1. The van der Waals surface area contributed by atoms with E-state index in [-0.39, 0.29) is 30.4 Å². The highest BCUT2D eigenvalue weighted by atomic mass is 16.5. The lowest BCUT2D eigenvalue weighted by Gasteiger charge is -2.07. The maximum atomic E-state index is 11.7. The number of rotatable bonds is 7. The van der Waals surface area contributed by atoms with E-state index in [9.17, 15) is 14.7 Å². The van der Waals surface area contributed by atoms with Crippen LogP contribution in [0.25, 0.3) is 11.2 Å². The van der Waals surface area contributed by atoms with Crippen LogP contribution in [0.1, 0.15) is 12.8 Å². The number of fused-ring (bicyclic) bond motifs is 1. The largest absolute Gasteiger partial charge is 0.480 e. The zero-order chi connectivity index (χ0) is 17.5. The summed E-state index contributed by atoms with van der Waals surface area (Å²) in [6.45, 7) is -0.115. The Morgan fingerprint density at radius 1 is 1.54 bits per heavy atom. The molecule has 0 bridgehead atoms. The number of aromatic nitrogens is 4. The Labute approximate surface area is 135 Å². The highest BCUT2D eigenvalue weighted by Gasteiger charge is 2.68. The highest BCUT2D eigenvalue weighted by Crippen LogP contribution is 2.47. The van der Waals surface area contributed by atoms with Crippen LogP contribution in [0.4, 0.5) is 5.95 Å². The lowest BCUT2D eigenvalue weighted by atomic mass is 10.1. The standard InChI is InChI=1S/C13H18N6O5/c14-12-17-9-7(10(21)18-12)16-4-19(9)5-24-8-6(2-1-3-20)13(8,15)11(22)23/h4,6,8,20H,1-3,5,15H2,(H,22,23)(H3,14,17,18,21). The quantitative estimate of drug-likeness (QED) is 0.390. The number of aliphatic hydroxyl groups excluding tert-OH is 1. The molecule has 0 amide bonds. The van der Waals surface area contributed by atoms with Crippen molar-refractivity contribution in [3.63, 3.8) is 0 Å². The molecular weight excluding hydrogens is 320 g/mol. The predicted molar refractivity (Wildman–Crippen MR) is 81.8 cm³/mol. The molecule has 0 spiro atoms. The van der Waals surface area contributed by atoms with E-state index in [0.29, 0.717) is 12.8 Å². The summed E-state index contributed by atoms with van der Waals surface area (Å²) in [6, 6.07) is 0. The molecule has 7 N–H and O–H groups in total. The van der Waals surface area contributed by atoms with Crippen LogP contribution in [0.2, 0.25) is 0 Å². The van der Waals surface area contributed by atoms with E-state index in [1.54, 1.807) is 0 Å². The van der Waals surface area contributed by atoms with Crippen molar-refractivity contribution in [3.8, 4) is 0 Å². The number of H-pyrrole nitrogens is 1. The van der Waals surface area contributed by atoms with Crippen molar-refractivity contribution < 1.29 is 19.7 Å². The Morgan fingerprint density at radius 2 is 2.29 bits per heavy atom. The third-order valence-corrected chi connectivity index (χ3v) is 4.27. The highest BCUT2D eigenvalue weighted by molar-refractivity contribution is 5.84. The van der Waals surface area contributed by atoms with Crippen LogP contribution in [0.5, 0.6) is 0 Å². The van der Waals surface area contributed by atoms with E-state index < -0.39 is 29.1 Å². The lowest BCUT2D eigenvalue weighted by molar-refractivity contribution is -0.141. The summed E-state index contributed by atoms with van der Waals surface area (Å²) in [7, 11) is 0. The number of nitrogens with two attached hydrogens (primary N) is 2. The van der Waals surface area contributed by atoms with Gasteiger partial charge in [0.05, 0.1) is 12.4 Å². The lowest BCUT2D eigenvalue weighted by Crippen LogP contribution is -2.38. The van der Waals surface area contributed by atoms with Crippen LogP contribution in [0, 0.1) is 5.92 Å². The van der Waals surface area contributed by atoms with Gasteiger partial charge in [-0.15, -0.1) is 0 Å². The number of hydrogen-bond donors (Lipinski definition) is 5. The minimum absolute atomic E-state index is 0.0446. The van der Waals surface area contributed by atoms with Crippen molar-refractivity contribution in [2.45, 2.75) is 31.2 Å². The molecule has 1 aliphatic carbocycles. The van der Waals surface area contributed by atoms with Crippen LogP contribution >= 0.6 is 0 Å². The maximum absolute atomic E-state index is 11.7. The van der Waals surface area contributed by atoms with E-state index in [0.717, 1.165) is 0 Å². The molecule has 130 valence electrons. The van der Waals surface area contributed by atoms with Crippen LogP contribution in [0.3, 0.4) is 0 Å². The number of nitrogens with one attached hydrogen (secondary N) is 1. The van der Waals surface area contributed by atoms with Gasteiger partial charge in [-0.1, -0.05) is 0 Å². The van der Waals surface area contributed by atoms with E-state index >= 15 is 0 Å². The fraction of sp³-hybridized carbons (Fsp3) is 0.538. The number of aliphatic hydroxyl groups is 1. The zero-order valence-electron chi connectivity index (χ0n) is 12.7. The topological polar surface area (TPSA) is 182 Å². The van der Waals surface area contributed by atoms with Gasteiger partial charge in [-0.25, -0.2) is 4.98 Å². The number of carboxylic acids is 1. The van der Waals surface area contributed by atoms with Crippen LogP contribution in [0.15, 0.2) is 11.1 Å². The molecule has 0 aromatic carbocycles. The first-order valence-corrected chi connectivity index (χ1v) is 7.35. The molecule has 0 aliphatic heterocycles. The van der Waals surface area contributed by atoms with Crippen molar-refractivity contribution in [1.82, 2.24) is 19.5 Å². The Kier molecular flexibility index (Phi) is 3.99. The summed E-state index contributed by atoms with van der Waals surface area (Å²) >= 11 is 0. The minimum atomic E-state index is -1.48. The molecule has 24 heavy (non-hydrogen) atoms. The average Bonchev–Trinajstić information content (AvgIpc) is 2.88. The monoisotopic (exact) mass is 338 g/mol. The molecule has 2 heterocycles. The second-order valence-electron chi connectivity index (χ2n) is 5.76. The van der Waals surface area contributed by atoms with Gasteiger partial charge in [0.25, 0.3) is 5.56 Å². The fourth-order valence-corrected chi connectivity index (χ4v) is 2.91. The molecule has 1 aliphatic rings. The molecule has 11 nitrogen and oxygen atoms in total. The molecule has 1 fully saturated rings. The second-order valence-corrected chi connectivity index (χ2v) is 5.76. The van der Waals surface area contributed by atoms with Gasteiger partial charge >= 0.3 is 5.97 Å². The number of aliphatic carboxylic acids is 1. The Morgan fingerprint density at radius 3 is 2.96 bits per heavy atom. The van der Waals surface area contributed by atoms with Crippen LogP contribution in [-0.4, -0.2) is 54.0 Å². The Bertz CT molecular complexity index is 832. The van der Waals surface area contributed by atoms with Crippen LogP contribution in [-0.2, 0) is 16.3 Å².